The topological polar surface area (TPSA) is 80.5 Å². The predicted molar refractivity (Wildman–Crippen MR) is 81.5 cm³/mol. The lowest BCUT2D eigenvalue weighted by Gasteiger charge is -2.22. The van der Waals surface area contributed by atoms with E-state index in [4.69, 9.17) is 5.14 Å². The number of nitrogens with two attached hydrogens (primary N) is 1. The Bertz CT molecular complexity index is 640. The summed E-state index contributed by atoms with van der Waals surface area (Å²) in [5.41, 5.74) is 1.03. The number of sulfonamides is 1. The summed E-state index contributed by atoms with van der Waals surface area (Å²) in [4.78, 5) is 14.3. The number of carbonyl (C=O) groups excluding carboxylic acids is 1. The second-order valence-corrected chi connectivity index (χ2v) is 7.40. The molecule has 0 saturated carbocycles. The molecule has 1 aliphatic rings. The minimum absolute atomic E-state index is 0.0876. The Kier molecular flexibility index (Phi) is 4.68. The second-order valence-electron chi connectivity index (χ2n) is 5.87. The zero-order valence-electron chi connectivity index (χ0n) is 12.5. The van der Waals surface area contributed by atoms with E-state index in [2.05, 4.69) is 6.92 Å². The van der Waals surface area contributed by atoms with Gasteiger partial charge >= 0.3 is 0 Å². The molecule has 1 atom stereocenters. The number of benzene rings is 1. The molecule has 0 spiro atoms. The monoisotopic (exact) mass is 310 g/mol. The molecule has 1 saturated heterocycles. The summed E-state index contributed by atoms with van der Waals surface area (Å²) >= 11 is 0. The number of carbonyl (C=O) groups is 1. The molecule has 2 N–H and O–H groups in total. The number of rotatable bonds is 2. The van der Waals surface area contributed by atoms with Gasteiger partial charge in [-0.15, -0.1) is 0 Å². The van der Waals surface area contributed by atoms with Gasteiger partial charge in [0.05, 0.1) is 10.5 Å². The van der Waals surface area contributed by atoms with Crippen molar-refractivity contribution in [2.45, 2.75) is 38.0 Å². The SMILES string of the molecule is Cc1ccc(S(N)(=O)=O)c(C(=O)N2CCCC(C)CC2)c1. The highest BCUT2D eigenvalue weighted by atomic mass is 32.2. The fraction of sp³-hybridized carbons (Fsp3) is 0.533. The van der Waals surface area contributed by atoms with E-state index in [0.29, 0.717) is 19.0 Å². The van der Waals surface area contributed by atoms with Gasteiger partial charge in [0, 0.05) is 13.1 Å². The van der Waals surface area contributed by atoms with Gasteiger partial charge < -0.3 is 4.90 Å². The Morgan fingerprint density at radius 3 is 2.67 bits per heavy atom. The van der Waals surface area contributed by atoms with Crippen LogP contribution in [0.25, 0.3) is 0 Å². The van der Waals surface area contributed by atoms with E-state index in [-0.39, 0.29) is 16.4 Å². The van der Waals surface area contributed by atoms with Crippen LogP contribution in [0.5, 0.6) is 0 Å². The van der Waals surface area contributed by atoms with Crippen LogP contribution in [0.1, 0.15) is 42.1 Å². The molecule has 21 heavy (non-hydrogen) atoms. The first-order chi connectivity index (χ1) is 9.79. The molecule has 2 rings (SSSR count). The van der Waals surface area contributed by atoms with Crippen molar-refractivity contribution in [1.82, 2.24) is 4.90 Å². The number of aryl methyl sites for hydroxylation is 1. The van der Waals surface area contributed by atoms with E-state index >= 15 is 0 Å². The Balaban J connectivity index is 2.36. The Morgan fingerprint density at radius 1 is 1.29 bits per heavy atom. The van der Waals surface area contributed by atoms with Gasteiger partial charge in [0.1, 0.15) is 0 Å². The Morgan fingerprint density at radius 2 is 2.00 bits per heavy atom. The smallest absolute Gasteiger partial charge is 0.255 e. The zero-order valence-corrected chi connectivity index (χ0v) is 13.3. The van der Waals surface area contributed by atoms with Gasteiger partial charge in [-0.3, -0.25) is 4.79 Å². The number of primary sulfonamides is 1. The van der Waals surface area contributed by atoms with E-state index in [1.807, 2.05) is 6.92 Å². The molecule has 0 bridgehead atoms. The molecule has 0 radical (unpaired) electrons. The van der Waals surface area contributed by atoms with E-state index in [1.165, 1.54) is 6.07 Å². The number of hydrogen-bond donors (Lipinski definition) is 1. The van der Waals surface area contributed by atoms with Gasteiger partial charge in [0.2, 0.25) is 10.0 Å². The highest BCUT2D eigenvalue weighted by Crippen LogP contribution is 2.22. The zero-order chi connectivity index (χ0) is 15.6. The molecule has 1 heterocycles. The number of likely N-dealkylation sites (tertiary alicyclic amines) is 1. The van der Waals surface area contributed by atoms with Gasteiger partial charge in [0.25, 0.3) is 5.91 Å². The summed E-state index contributed by atoms with van der Waals surface area (Å²) in [6.45, 7) is 5.34. The quantitative estimate of drug-likeness (QED) is 0.906. The third kappa shape index (κ3) is 3.83. The number of amides is 1. The second kappa shape index (κ2) is 6.15. The largest absolute Gasteiger partial charge is 0.339 e. The lowest BCUT2D eigenvalue weighted by atomic mass is 10.0. The van der Waals surface area contributed by atoms with Crippen LogP contribution in [0.4, 0.5) is 0 Å². The molecule has 1 aliphatic heterocycles. The summed E-state index contributed by atoms with van der Waals surface area (Å²) in [6.07, 6.45) is 2.99. The third-order valence-corrected chi connectivity index (χ3v) is 4.95. The summed E-state index contributed by atoms with van der Waals surface area (Å²) < 4.78 is 23.4. The Hall–Kier alpha value is -1.40. The minimum atomic E-state index is -3.90. The van der Waals surface area contributed by atoms with Crippen molar-refractivity contribution in [3.63, 3.8) is 0 Å². The van der Waals surface area contributed by atoms with Crippen LogP contribution in [0.2, 0.25) is 0 Å². The van der Waals surface area contributed by atoms with Gasteiger partial charge in [0.15, 0.2) is 0 Å². The maximum Gasteiger partial charge on any atom is 0.255 e. The molecule has 5 nitrogen and oxygen atoms in total. The van der Waals surface area contributed by atoms with Crippen LogP contribution >= 0.6 is 0 Å². The van der Waals surface area contributed by atoms with Gasteiger partial charge in [-0.05, 0) is 44.2 Å². The summed E-state index contributed by atoms with van der Waals surface area (Å²) in [7, 11) is -3.90. The van der Waals surface area contributed by atoms with Crippen molar-refractivity contribution in [2.24, 2.45) is 11.1 Å². The first-order valence-corrected chi connectivity index (χ1v) is 8.76. The fourth-order valence-electron chi connectivity index (χ4n) is 2.70. The highest BCUT2D eigenvalue weighted by Gasteiger charge is 2.25. The molecule has 1 aromatic carbocycles. The lowest BCUT2D eigenvalue weighted by Crippen LogP contribution is -2.33. The molecule has 1 fully saturated rings. The minimum Gasteiger partial charge on any atom is -0.339 e. The summed E-state index contributed by atoms with van der Waals surface area (Å²) in [5.74, 6) is 0.356. The van der Waals surface area contributed by atoms with E-state index in [1.54, 1.807) is 17.0 Å². The van der Waals surface area contributed by atoms with Crippen molar-refractivity contribution in [2.75, 3.05) is 13.1 Å². The highest BCUT2D eigenvalue weighted by molar-refractivity contribution is 7.89. The first-order valence-electron chi connectivity index (χ1n) is 7.22. The van der Waals surface area contributed by atoms with E-state index in [9.17, 15) is 13.2 Å². The molecule has 116 valence electrons. The lowest BCUT2D eigenvalue weighted by molar-refractivity contribution is 0.0756. The Labute approximate surface area is 126 Å². The summed E-state index contributed by atoms with van der Waals surface area (Å²) in [5, 5.41) is 5.23. The van der Waals surface area contributed by atoms with Crippen molar-refractivity contribution >= 4 is 15.9 Å². The van der Waals surface area contributed by atoms with E-state index < -0.39 is 10.0 Å². The average Bonchev–Trinajstić information content (AvgIpc) is 2.61. The molecular formula is C15H22N2O3S. The molecule has 0 aliphatic carbocycles. The molecule has 1 aromatic rings. The normalized spacial score (nSPS) is 20.1. The standard InChI is InChI=1S/C15H22N2O3S/c1-11-4-3-8-17(9-7-11)15(18)13-10-12(2)5-6-14(13)21(16,19)20/h5-6,10-11H,3-4,7-9H2,1-2H3,(H2,16,19,20). The maximum atomic E-state index is 12.7. The van der Waals surface area contributed by atoms with Crippen LogP contribution in [-0.2, 0) is 10.0 Å². The van der Waals surface area contributed by atoms with Gasteiger partial charge in [-0.25, -0.2) is 13.6 Å². The third-order valence-electron chi connectivity index (χ3n) is 3.98. The van der Waals surface area contributed by atoms with Crippen LogP contribution < -0.4 is 5.14 Å². The molecule has 1 amide bonds. The molecule has 1 unspecified atom stereocenters. The average molecular weight is 310 g/mol. The van der Waals surface area contributed by atoms with Crippen LogP contribution in [0, 0.1) is 12.8 Å². The molecule has 0 aromatic heterocycles. The summed E-state index contributed by atoms with van der Waals surface area (Å²) in [6, 6.07) is 4.68. The van der Waals surface area contributed by atoms with Gasteiger partial charge in [-0.2, -0.15) is 0 Å². The van der Waals surface area contributed by atoms with E-state index in [0.717, 1.165) is 24.8 Å². The van der Waals surface area contributed by atoms with Crippen LogP contribution in [0.15, 0.2) is 23.1 Å². The maximum absolute atomic E-state index is 12.7. The number of hydrogen-bond acceptors (Lipinski definition) is 3. The van der Waals surface area contributed by atoms with Crippen molar-refractivity contribution in [3.05, 3.63) is 29.3 Å². The number of nitrogens with zero attached hydrogens (tertiary/aromatic N) is 1. The molecule has 6 heteroatoms. The van der Waals surface area contributed by atoms with Crippen LogP contribution in [0.3, 0.4) is 0 Å². The first kappa shape index (κ1) is 16.0. The van der Waals surface area contributed by atoms with Crippen molar-refractivity contribution in [1.29, 1.82) is 0 Å². The predicted octanol–water partition coefficient (Wildman–Crippen LogP) is 1.90. The molecular weight excluding hydrogens is 288 g/mol. The fourth-order valence-corrected chi connectivity index (χ4v) is 3.41. The van der Waals surface area contributed by atoms with Crippen molar-refractivity contribution in [3.8, 4) is 0 Å². The van der Waals surface area contributed by atoms with Crippen molar-refractivity contribution < 1.29 is 13.2 Å². The van der Waals surface area contributed by atoms with Gasteiger partial charge in [-0.1, -0.05) is 18.6 Å². The van der Waals surface area contributed by atoms with Crippen LogP contribution in [-0.4, -0.2) is 32.3 Å².